The van der Waals surface area contributed by atoms with Gasteiger partial charge >= 0.3 is 6.18 Å². The lowest BCUT2D eigenvalue weighted by atomic mass is 10.1. The molecule has 1 heterocycles. The molecule has 0 aliphatic heterocycles. The van der Waals surface area contributed by atoms with Gasteiger partial charge in [-0.25, -0.2) is 0 Å². The van der Waals surface area contributed by atoms with Crippen molar-refractivity contribution >= 4 is 5.91 Å². The smallest absolute Gasteiger partial charge is 0.422 e. The molecule has 0 spiro atoms. The molecule has 0 radical (unpaired) electrons. The van der Waals surface area contributed by atoms with Crippen LogP contribution in [0.5, 0.6) is 11.5 Å². The number of pyridine rings is 1. The first-order chi connectivity index (χ1) is 12.6. The van der Waals surface area contributed by atoms with Gasteiger partial charge in [-0.05, 0) is 56.2 Å². The number of ether oxygens (including phenoxy) is 2. The van der Waals surface area contributed by atoms with E-state index in [2.05, 4.69) is 15.0 Å². The molecular weight excluding hydrogens is 361 g/mol. The van der Waals surface area contributed by atoms with Crippen LogP contribution in [0.1, 0.15) is 29.8 Å². The molecule has 1 atom stereocenters. The number of aromatic nitrogens is 1. The summed E-state index contributed by atoms with van der Waals surface area (Å²) in [5, 5.41) is 2.72. The molecule has 27 heavy (non-hydrogen) atoms. The minimum Gasteiger partial charge on any atom is -0.484 e. The largest absolute Gasteiger partial charge is 0.484 e. The summed E-state index contributed by atoms with van der Waals surface area (Å²) in [6, 6.07) is 8.13. The summed E-state index contributed by atoms with van der Waals surface area (Å²) >= 11 is 0. The van der Waals surface area contributed by atoms with Crippen molar-refractivity contribution in [1.82, 2.24) is 10.3 Å². The van der Waals surface area contributed by atoms with Gasteiger partial charge in [-0.3, -0.25) is 9.78 Å². The molecule has 8 heteroatoms. The fourth-order valence-electron chi connectivity index (χ4n) is 2.42. The van der Waals surface area contributed by atoms with Crippen LogP contribution in [0, 0.1) is 13.8 Å². The number of rotatable bonds is 7. The molecule has 2 rings (SSSR count). The quantitative estimate of drug-likeness (QED) is 0.789. The predicted molar refractivity (Wildman–Crippen MR) is 93.8 cm³/mol. The number of carbonyl (C=O) groups excluding carboxylic acids is 1. The Morgan fingerprint density at radius 2 is 1.78 bits per heavy atom. The fraction of sp³-hybridized carbons (Fsp3) is 0.368. The van der Waals surface area contributed by atoms with E-state index in [0.717, 1.165) is 11.1 Å². The highest BCUT2D eigenvalue weighted by molar-refractivity contribution is 5.77. The van der Waals surface area contributed by atoms with Crippen LogP contribution in [-0.2, 0) is 4.79 Å². The van der Waals surface area contributed by atoms with E-state index in [0.29, 0.717) is 11.4 Å². The number of carbonyl (C=O) groups is 1. The Kier molecular flexibility index (Phi) is 6.65. The minimum absolute atomic E-state index is 0.00718. The van der Waals surface area contributed by atoms with Crippen molar-refractivity contribution in [3.05, 3.63) is 53.3 Å². The molecule has 1 aromatic carbocycles. The Balaban J connectivity index is 1.84. The average molecular weight is 382 g/mol. The van der Waals surface area contributed by atoms with Crippen LogP contribution >= 0.6 is 0 Å². The summed E-state index contributed by atoms with van der Waals surface area (Å²) in [6.07, 6.45) is -3.22. The molecule has 2 aromatic rings. The number of nitrogens with zero attached hydrogens (tertiary/aromatic N) is 1. The third kappa shape index (κ3) is 7.16. The molecule has 1 aromatic heterocycles. The second-order valence-electron chi connectivity index (χ2n) is 6.22. The molecule has 0 aliphatic rings. The predicted octanol–water partition coefficient (Wildman–Crippen LogP) is 3.90. The molecular formula is C19H21F3N2O3. The molecule has 1 amide bonds. The second kappa shape index (κ2) is 8.75. The third-order valence-corrected chi connectivity index (χ3v) is 3.55. The first-order valence-corrected chi connectivity index (χ1v) is 8.28. The zero-order chi connectivity index (χ0) is 20.0. The van der Waals surface area contributed by atoms with Gasteiger partial charge in [-0.15, -0.1) is 0 Å². The van der Waals surface area contributed by atoms with Gasteiger partial charge in [0.1, 0.15) is 11.5 Å². The van der Waals surface area contributed by atoms with Gasteiger partial charge < -0.3 is 14.8 Å². The number of alkyl halides is 3. The van der Waals surface area contributed by atoms with Crippen LogP contribution in [0.4, 0.5) is 13.2 Å². The number of amides is 1. The molecule has 0 bridgehead atoms. The van der Waals surface area contributed by atoms with Crippen LogP contribution in [0.2, 0.25) is 0 Å². The molecule has 0 unspecified atom stereocenters. The summed E-state index contributed by atoms with van der Waals surface area (Å²) in [4.78, 5) is 16.1. The van der Waals surface area contributed by atoms with Crippen molar-refractivity contribution in [3.8, 4) is 11.5 Å². The van der Waals surface area contributed by atoms with Gasteiger partial charge in [-0.2, -0.15) is 13.2 Å². The van der Waals surface area contributed by atoms with Gasteiger partial charge in [0, 0.05) is 0 Å². The Bertz CT molecular complexity index is 757. The fourth-order valence-corrected chi connectivity index (χ4v) is 2.42. The zero-order valence-electron chi connectivity index (χ0n) is 15.3. The highest BCUT2D eigenvalue weighted by atomic mass is 19.4. The first-order valence-electron chi connectivity index (χ1n) is 8.28. The Hall–Kier alpha value is -2.77. The van der Waals surface area contributed by atoms with Crippen molar-refractivity contribution in [3.63, 3.8) is 0 Å². The SMILES string of the molecule is Cc1cc(C)cc(OCC(=O)N[C@H](C)c2ccc(OCC(F)(F)F)cn2)c1. The Morgan fingerprint density at radius 3 is 2.33 bits per heavy atom. The number of hydrogen-bond donors (Lipinski definition) is 1. The number of aryl methyl sites for hydroxylation is 2. The lowest BCUT2D eigenvalue weighted by molar-refractivity contribution is -0.153. The molecule has 0 aliphatic carbocycles. The van der Waals surface area contributed by atoms with Crippen LogP contribution in [0.15, 0.2) is 36.5 Å². The lowest BCUT2D eigenvalue weighted by Crippen LogP contribution is -2.31. The van der Waals surface area contributed by atoms with E-state index in [4.69, 9.17) is 4.74 Å². The molecule has 5 nitrogen and oxygen atoms in total. The van der Waals surface area contributed by atoms with Gasteiger partial charge in [0.15, 0.2) is 13.2 Å². The molecule has 0 fully saturated rings. The van der Waals surface area contributed by atoms with Crippen LogP contribution in [0.3, 0.4) is 0 Å². The van der Waals surface area contributed by atoms with E-state index >= 15 is 0 Å². The highest BCUT2D eigenvalue weighted by Gasteiger charge is 2.28. The summed E-state index contributed by atoms with van der Waals surface area (Å²) < 4.78 is 46.5. The standard InChI is InChI=1S/C19H21F3N2O3/c1-12-6-13(2)8-16(7-12)26-10-18(25)24-14(3)17-5-4-15(9-23-17)27-11-19(20,21)22/h4-9,14H,10-11H2,1-3H3,(H,24,25)/t14-/m1/s1. The summed E-state index contributed by atoms with van der Waals surface area (Å²) in [5.74, 6) is 0.285. The highest BCUT2D eigenvalue weighted by Crippen LogP contribution is 2.19. The monoisotopic (exact) mass is 382 g/mol. The van der Waals surface area contributed by atoms with E-state index in [1.54, 1.807) is 6.92 Å². The van der Waals surface area contributed by atoms with Gasteiger partial charge in [0.05, 0.1) is 17.9 Å². The molecule has 1 N–H and O–H groups in total. The molecule has 0 saturated heterocycles. The van der Waals surface area contributed by atoms with Crippen molar-refractivity contribution in [1.29, 1.82) is 0 Å². The summed E-state index contributed by atoms with van der Waals surface area (Å²) in [5.41, 5.74) is 2.57. The molecule has 146 valence electrons. The Labute approximate surface area is 155 Å². The van der Waals surface area contributed by atoms with Crippen LogP contribution < -0.4 is 14.8 Å². The number of halogens is 3. The van der Waals surface area contributed by atoms with Gasteiger partial charge in [-0.1, -0.05) is 6.07 Å². The van der Waals surface area contributed by atoms with Crippen molar-refractivity contribution in [2.24, 2.45) is 0 Å². The van der Waals surface area contributed by atoms with E-state index in [1.165, 1.54) is 18.3 Å². The Morgan fingerprint density at radius 1 is 1.11 bits per heavy atom. The lowest BCUT2D eigenvalue weighted by Gasteiger charge is -2.15. The number of hydrogen-bond acceptors (Lipinski definition) is 4. The normalized spacial score (nSPS) is 12.4. The summed E-state index contributed by atoms with van der Waals surface area (Å²) in [7, 11) is 0. The minimum atomic E-state index is -4.41. The zero-order valence-corrected chi connectivity index (χ0v) is 15.3. The van der Waals surface area contributed by atoms with Crippen molar-refractivity contribution in [2.45, 2.75) is 33.0 Å². The van der Waals surface area contributed by atoms with E-state index in [9.17, 15) is 18.0 Å². The second-order valence-corrected chi connectivity index (χ2v) is 6.22. The first kappa shape index (κ1) is 20.5. The van der Waals surface area contributed by atoms with E-state index < -0.39 is 18.8 Å². The van der Waals surface area contributed by atoms with Crippen molar-refractivity contribution < 1.29 is 27.4 Å². The van der Waals surface area contributed by atoms with E-state index in [-0.39, 0.29) is 18.3 Å². The average Bonchev–Trinajstić information content (AvgIpc) is 2.57. The third-order valence-electron chi connectivity index (χ3n) is 3.55. The van der Waals surface area contributed by atoms with Gasteiger partial charge in [0.25, 0.3) is 5.91 Å². The number of benzene rings is 1. The maximum Gasteiger partial charge on any atom is 0.422 e. The van der Waals surface area contributed by atoms with Crippen molar-refractivity contribution in [2.75, 3.05) is 13.2 Å². The van der Waals surface area contributed by atoms with Crippen LogP contribution in [0.25, 0.3) is 0 Å². The van der Waals surface area contributed by atoms with Crippen LogP contribution in [-0.4, -0.2) is 30.3 Å². The summed E-state index contributed by atoms with van der Waals surface area (Å²) in [6.45, 7) is 4.06. The topological polar surface area (TPSA) is 60.5 Å². The van der Waals surface area contributed by atoms with Gasteiger partial charge in [0.2, 0.25) is 0 Å². The number of nitrogens with one attached hydrogen (secondary N) is 1. The maximum atomic E-state index is 12.1. The van der Waals surface area contributed by atoms with E-state index in [1.807, 2.05) is 32.0 Å². The maximum absolute atomic E-state index is 12.1. The molecule has 0 saturated carbocycles.